The lowest BCUT2D eigenvalue weighted by molar-refractivity contribution is -0.921. The highest BCUT2D eigenvalue weighted by Gasteiger charge is 2.29. The maximum absolute atomic E-state index is 12.0. The molecule has 0 spiro atoms. The normalized spacial score (nSPS) is 19.8. The second-order valence-electron chi connectivity index (χ2n) is 6.68. The third-order valence-electron chi connectivity index (χ3n) is 4.64. The molecule has 0 radical (unpaired) electrons. The van der Waals surface area contributed by atoms with Crippen molar-refractivity contribution in [3.05, 3.63) is 59.1 Å². The number of rotatable bonds is 6. The van der Waals surface area contributed by atoms with Crippen LogP contribution < -0.4 is 9.64 Å². The van der Waals surface area contributed by atoms with Crippen LogP contribution in [0.3, 0.4) is 0 Å². The average molecular weight is 375 g/mol. The monoisotopic (exact) mass is 374 g/mol. The van der Waals surface area contributed by atoms with Gasteiger partial charge in [0, 0.05) is 10.6 Å². The van der Waals surface area contributed by atoms with Gasteiger partial charge in [-0.15, -0.1) is 0 Å². The number of ether oxygens (including phenoxy) is 2. The summed E-state index contributed by atoms with van der Waals surface area (Å²) in [5.41, 5.74) is 1.20. The Labute approximate surface area is 159 Å². The van der Waals surface area contributed by atoms with Gasteiger partial charge in [0.25, 0.3) is 0 Å². The molecule has 138 valence electrons. The van der Waals surface area contributed by atoms with Gasteiger partial charge in [-0.2, -0.15) is 0 Å². The number of likely N-dealkylation sites (tertiary alicyclic amines) is 1. The van der Waals surface area contributed by atoms with E-state index in [1.54, 1.807) is 0 Å². The molecule has 1 aliphatic heterocycles. The highest BCUT2D eigenvalue weighted by Crippen LogP contribution is 2.23. The topological polar surface area (TPSA) is 40.0 Å². The van der Waals surface area contributed by atoms with Crippen molar-refractivity contribution in [2.75, 3.05) is 19.7 Å². The summed E-state index contributed by atoms with van der Waals surface area (Å²) in [6.45, 7) is 5.11. The van der Waals surface area contributed by atoms with E-state index in [9.17, 15) is 4.79 Å². The van der Waals surface area contributed by atoms with E-state index in [0.717, 1.165) is 44.0 Å². The number of benzene rings is 2. The molecule has 0 aromatic heterocycles. The van der Waals surface area contributed by atoms with Crippen molar-refractivity contribution < 1.29 is 19.2 Å². The molecule has 2 atom stereocenters. The molecular formula is C21H25ClNO3+. The van der Waals surface area contributed by atoms with Crippen molar-refractivity contribution in [3.63, 3.8) is 0 Å². The van der Waals surface area contributed by atoms with Crippen molar-refractivity contribution >= 4 is 17.6 Å². The molecule has 1 heterocycles. The molecule has 1 saturated heterocycles. The molecule has 1 fully saturated rings. The highest BCUT2D eigenvalue weighted by atomic mass is 35.5. The van der Waals surface area contributed by atoms with Crippen LogP contribution in [0.15, 0.2) is 48.5 Å². The summed E-state index contributed by atoms with van der Waals surface area (Å²) in [5.74, 6) is 1.54. The summed E-state index contributed by atoms with van der Waals surface area (Å²) in [7, 11) is 0. The minimum absolute atomic E-state index is 0.0206. The summed E-state index contributed by atoms with van der Waals surface area (Å²) in [6, 6.07) is 15.5. The summed E-state index contributed by atoms with van der Waals surface area (Å²) >= 11 is 5.91. The molecule has 0 bridgehead atoms. The predicted octanol–water partition coefficient (Wildman–Crippen LogP) is 3.49. The molecule has 1 N–H and O–H groups in total. The third-order valence-corrected chi connectivity index (χ3v) is 4.89. The van der Waals surface area contributed by atoms with Gasteiger partial charge in [0.05, 0.1) is 19.7 Å². The number of hydrogen-bond acceptors (Lipinski definition) is 3. The Morgan fingerprint density at radius 3 is 2.77 bits per heavy atom. The van der Waals surface area contributed by atoms with Gasteiger partial charge in [0.15, 0.2) is 0 Å². The zero-order valence-corrected chi connectivity index (χ0v) is 15.8. The van der Waals surface area contributed by atoms with Crippen LogP contribution in [0.25, 0.3) is 0 Å². The number of piperidine rings is 1. The van der Waals surface area contributed by atoms with Crippen LogP contribution in [-0.2, 0) is 16.1 Å². The molecule has 0 saturated carbocycles. The quantitative estimate of drug-likeness (QED) is 0.787. The number of esters is 1. The third kappa shape index (κ3) is 5.23. The Morgan fingerprint density at radius 2 is 2.00 bits per heavy atom. The van der Waals surface area contributed by atoms with Gasteiger partial charge in [0.1, 0.15) is 24.0 Å². The first kappa shape index (κ1) is 18.7. The van der Waals surface area contributed by atoms with Crippen molar-refractivity contribution in [2.24, 2.45) is 5.92 Å². The lowest BCUT2D eigenvalue weighted by Crippen LogP contribution is -3.12. The van der Waals surface area contributed by atoms with Crippen LogP contribution in [0, 0.1) is 5.92 Å². The molecular weight excluding hydrogens is 350 g/mol. The molecule has 1 aliphatic rings. The van der Waals surface area contributed by atoms with Crippen LogP contribution in [0.5, 0.6) is 11.5 Å². The Kier molecular flexibility index (Phi) is 6.53. The van der Waals surface area contributed by atoms with E-state index < -0.39 is 0 Å². The van der Waals surface area contributed by atoms with Crippen molar-refractivity contribution in [2.45, 2.75) is 26.3 Å². The lowest BCUT2D eigenvalue weighted by Gasteiger charge is -2.28. The molecule has 3 rings (SSSR count). The van der Waals surface area contributed by atoms with E-state index >= 15 is 0 Å². The van der Waals surface area contributed by atoms with E-state index in [-0.39, 0.29) is 11.9 Å². The summed E-state index contributed by atoms with van der Waals surface area (Å²) in [5, 5.41) is 0.691. The van der Waals surface area contributed by atoms with Gasteiger partial charge in [-0.25, -0.2) is 0 Å². The minimum atomic E-state index is -0.0514. The minimum Gasteiger partial charge on any atom is -0.466 e. The fourth-order valence-corrected chi connectivity index (χ4v) is 3.55. The van der Waals surface area contributed by atoms with Crippen LogP contribution in [0.4, 0.5) is 0 Å². The number of quaternary nitrogens is 1. The smallest absolute Gasteiger partial charge is 0.314 e. The molecule has 26 heavy (non-hydrogen) atoms. The zero-order chi connectivity index (χ0) is 18.4. The maximum Gasteiger partial charge on any atom is 0.314 e. The van der Waals surface area contributed by atoms with E-state index in [1.807, 2.05) is 43.3 Å². The van der Waals surface area contributed by atoms with Gasteiger partial charge in [-0.1, -0.05) is 23.7 Å². The molecule has 5 heteroatoms. The average Bonchev–Trinajstić information content (AvgIpc) is 2.64. The fourth-order valence-electron chi connectivity index (χ4n) is 3.42. The Morgan fingerprint density at radius 1 is 1.19 bits per heavy atom. The first-order chi connectivity index (χ1) is 12.6. The fraction of sp³-hybridized carbons (Fsp3) is 0.381. The van der Waals surface area contributed by atoms with Gasteiger partial charge >= 0.3 is 5.97 Å². The van der Waals surface area contributed by atoms with Gasteiger partial charge in [-0.3, -0.25) is 4.79 Å². The van der Waals surface area contributed by atoms with E-state index in [0.29, 0.717) is 11.6 Å². The molecule has 2 aromatic carbocycles. The first-order valence-corrected chi connectivity index (χ1v) is 9.54. The molecule has 2 aromatic rings. The predicted molar refractivity (Wildman–Crippen MR) is 102 cm³/mol. The molecule has 0 aliphatic carbocycles. The Balaban J connectivity index is 1.61. The van der Waals surface area contributed by atoms with Crippen LogP contribution in [-0.4, -0.2) is 25.7 Å². The number of carbonyl (C=O) groups excluding carboxylic acids is 1. The first-order valence-electron chi connectivity index (χ1n) is 9.16. The van der Waals surface area contributed by atoms with E-state index in [1.165, 1.54) is 10.5 Å². The maximum atomic E-state index is 12.0. The van der Waals surface area contributed by atoms with Gasteiger partial charge in [0.2, 0.25) is 0 Å². The molecule has 4 nitrogen and oxygen atoms in total. The second-order valence-corrected chi connectivity index (χ2v) is 7.11. The van der Waals surface area contributed by atoms with E-state index in [2.05, 4.69) is 12.1 Å². The second kappa shape index (κ2) is 9.06. The van der Waals surface area contributed by atoms with Crippen molar-refractivity contribution in [1.82, 2.24) is 0 Å². The van der Waals surface area contributed by atoms with Crippen LogP contribution in [0.1, 0.15) is 25.3 Å². The summed E-state index contributed by atoms with van der Waals surface area (Å²) < 4.78 is 11.1. The Bertz CT molecular complexity index is 732. The number of nitrogens with one attached hydrogen (secondary N) is 1. The summed E-state index contributed by atoms with van der Waals surface area (Å²) in [4.78, 5) is 13.4. The largest absolute Gasteiger partial charge is 0.466 e. The molecule has 1 unspecified atom stereocenters. The van der Waals surface area contributed by atoms with Gasteiger partial charge in [-0.05, 0) is 56.2 Å². The van der Waals surface area contributed by atoms with Crippen LogP contribution >= 0.6 is 11.6 Å². The van der Waals surface area contributed by atoms with Crippen molar-refractivity contribution in [3.8, 4) is 11.5 Å². The number of hydrogen-bond donors (Lipinski definition) is 1. The van der Waals surface area contributed by atoms with Crippen LogP contribution in [0.2, 0.25) is 5.02 Å². The van der Waals surface area contributed by atoms with Crippen molar-refractivity contribution in [1.29, 1.82) is 0 Å². The number of carbonyl (C=O) groups is 1. The summed E-state index contributed by atoms with van der Waals surface area (Å²) in [6.07, 6.45) is 1.99. The molecule has 0 amide bonds. The Hall–Kier alpha value is -2.04. The van der Waals surface area contributed by atoms with E-state index in [4.69, 9.17) is 21.1 Å². The van der Waals surface area contributed by atoms with Gasteiger partial charge < -0.3 is 14.4 Å². The zero-order valence-electron chi connectivity index (χ0n) is 15.0. The lowest BCUT2D eigenvalue weighted by atomic mass is 9.97. The number of halogens is 1. The standard InChI is InChI=1S/C21H24ClNO3/c1-2-25-21(24)17-6-4-12-23(15-17)14-16-5-3-7-20(13-16)26-19-10-8-18(22)9-11-19/h3,5,7-11,13,17H,2,4,6,12,14-15H2,1H3/p+1/t17-/m0/s1. The highest BCUT2D eigenvalue weighted by molar-refractivity contribution is 6.30. The SMILES string of the molecule is CCOC(=O)[C@H]1CCC[NH+](Cc2cccc(Oc3ccc(Cl)cc3)c2)C1.